The number of carbonyl (C=O) groups is 1. The van der Waals surface area contributed by atoms with Crippen molar-refractivity contribution in [3.63, 3.8) is 0 Å². The van der Waals surface area contributed by atoms with Crippen molar-refractivity contribution in [2.75, 3.05) is 6.54 Å². The van der Waals surface area contributed by atoms with Crippen LogP contribution in [0.3, 0.4) is 0 Å². The SMILES string of the molecule is CCCCCNC(=O)C(Cc1ccccc1)NS(=O)(=O)c1ccc(Cl)cc1. The fourth-order valence-corrected chi connectivity index (χ4v) is 3.94. The highest BCUT2D eigenvalue weighted by Gasteiger charge is 2.25. The van der Waals surface area contributed by atoms with Crippen LogP contribution in [0.2, 0.25) is 5.02 Å². The van der Waals surface area contributed by atoms with Crippen molar-refractivity contribution in [1.29, 1.82) is 0 Å². The van der Waals surface area contributed by atoms with Gasteiger partial charge in [0.1, 0.15) is 6.04 Å². The number of carbonyl (C=O) groups excluding carboxylic acids is 1. The molecule has 0 aromatic heterocycles. The van der Waals surface area contributed by atoms with E-state index in [1.165, 1.54) is 24.3 Å². The summed E-state index contributed by atoms with van der Waals surface area (Å²) in [5.41, 5.74) is 0.880. The van der Waals surface area contributed by atoms with Crippen molar-refractivity contribution in [2.24, 2.45) is 0 Å². The van der Waals surface area contributed by atoms with Crippen molar-refractivity contribution < 1.29 is 13.2 Å². The largest absolute Gasteiger partial charge is 0.355 e. The molecule has 2 aromatic carbocycles. The van der Waals surface area contributed by atoms with E-state index >= 15 is 0 Å². The van der Waals surface area contributed by atoms with E-state index in [2.05, 4.69) is 17.0 Å². The van der Waals surface area contributed by atoms with Crippen molar-refractivity contribution in [3.05, 3.63) is 65.2 Å². The predicted octanol–water partition coefficient (Wildman–Crippen LogP) is 3.54. The average molecular weight is 409 g/mol. The van der Waals surface area contributed by atoms with E-state index in [9.17, 15) is 13.2 Å². The number of amides is 1. The zero-order valence-electron chi connectivity index (χ0n) is 15.3. The summed E-state index contributed by atoms with van der Waals surface area (Å²) in [6, 6.07) is 14.3. The summed E-state index contributed by atoms with van der Waals surface area (Å²) < 4.78 is 27.9. The van der Waals surface area contributed by atoms with E-state index in [0.717, 1.165) is 24.8 Å². The Morgan fingerprint density at radius 3 is 2.33 bits per heavy atom. The third-order valence-corrected chi connectivity index (χ3v) is 5.84. The van der Waals surface area contributed by atoms with Gasteiger partial charge in [-0.1, -0.05) is 61.7 Å². The summed E-state index contributed by atoms with van der Waals surface area (Å²) in [6.07, 6.45) is 3.20. The highest BCUT2D eigenvalue weighted by atomic mass is 35.5. The van der Waals surface area contributed by atoms with Crippen LogP contribution in [0.1, 0.15) is 31.7 Å². The quantitative estimate of drug-likeness (QED) is 0.590. The van der Waals surface area contributed by atoms with E-state index in [1.807, 2.05) is 30.3 Å². The van der Waals surface area contributed by atoms with Crippen molar-refractivity contribution >= 4 is 27.5 Å². The molecule has 0 aliphatic rings. The number of halogens is 1. The molecular formula is C20H25ClN2O3S. The summed E-state index contributed by atoms with van der Waals surface area (Å²) in [6.45, 7) is 2.61. The Morgan fingerprint density at radius 1 is 1.04 bits per heavy atom. The predicted molar refractivity (Wildman–Crippen MR) is 108 cm³/mol. The summed E-state index contributed by atoms with van der Waals surface area (Å²) in [4.78, 5) is 12.7. The van der Waals surface area contributed by atoms with Crippen LogP contribution < -0.4 is 10.0 Å². The Hall–Kier alpha value is -1.89. The van der Waals surface area contributed by atoms with Crippen LogP contribution in [-0.2, 0) is 21.2 Å². The topological polar surface area (TPSA) is 75.3 Å². The molecule has 0 saturated heterocycles. The highest BCUT2D eigenvalue weighted by molar-refractivity contribution is 7.89. The molecule has 0 heterocycles. The van der Waals surface area contributed by atoms with Crippen LogP contribution in [-0.4, -0.2) is 26.9 Å². The first-order valence-electron chi connectivity index (χ1n) is 9.02. The molecule has 0 aliphatic carbocycles. The fraction of sp³-hybridized carbons (Fsp3) is 0.350. The lowest BCUT2D eigenvalue weighted by atomic mass is 10.1. The van der Waals surface area contributed by atoms with Gasteiger partial charge < -0.3 is 5.32 Å². The number of nitrogens with one attached hydrogen (secondary N) is 2. The zero-order valence-corrected chi connectivity index (χ0v) is 16.9. The van der Waals surface area contributed by atoms with Crippen LogP contribution in [0.4, 0.5) is 0 Å². The fourth-order valence-electron chi connectivity index (χ4n) is 2.62. The lowest BCUT2D eigenvalue weighted by Crippen LogP contribution is -2.48. The van der Waals surface area contributed by atoms with Crippen LogP contribution in [0.5, 0.6) is 0 Å². The van der Waals surface area contributed by atoms with Gasteiger partial charge in [-0.2, -0.15) is 4.72 Å². The van der Waals surface area contributed by atoms with Gasteiger partial charge in [0, 0.05) is 11.6 Å². The third-order valence-electron chi connectivity index (χ3n) is 4.10. The molecule has 1 atom stereocenters. The van der Waals surface area contributed by atoms with Gasteiger partial charge in [-0.05, 0) is 42.7 Å². The van der Waals surface area contributed by atoms with E-state index in [0.29, 0.717) is 11.6 Å². The Labute approximate surface area is 166 Å². The first-order chi connectivity index (χ1) is 12.9. The Balaban J connectivity index is 2.15. The number of rotatable bonds is 10. The van der Waals surface area contributed by atoms with Crippen LogP contribution in [0, 0.1) is 0 Å². The molecule has 1 amide bonds. The van der Waals surface area contributed by atoms with Gasteiger partial charge in [-0.3, -0.25) is 4.79 Å². The number of hydrogen-bond donors (Lipinski definition) is 2. The highest BCUT2D eigenvalue weighted by Crippen LogP contribution is 2.15. The molecule has 27 heavy (non-hydrogen) atoms. The lowest BCUT2D eigenvalue weighted by molar-refractivity contribution is -0.122. The molecule has 0 saturated carbocycles. The molecule has 7 heteroatoms. The third kappa shape index (κ3) is 6.97. The standard InChI is InChI=1S/C20H25ClN2O3S/c1-2-3-7-14-22-20(24)19(15-16-8-5-4-6-9-16)23-27(25,26)18-12-10-17(21)11-13-18/h4-6,8-13,19,23H,2-3,7,14-15H2,1H3,(H,22,24). The minimum Gasteiger partial charge on any atom is -0.355 e. The molecule has 2 aromatic rings. The van der Waals surface area contributed by atoms with Crippen LogP contribution in [0.25, 0.3) is 0 Å². The minimum absolute atomic E-state index is 0.0729. The van der Waals surface area contributed by atoms with Crippen molar-refractivity contribution in [3.8, 4) is 0 Å². The molecule has 0 aliphatic heterocycles. The number of sulfonamides is 1. The van der Waals surface area contributed by atoms with Gasteiger partial charge in [0.05, 0.1) is 4.90 Å². The smallest absolute Gasteiger partial charge is 0.241 e. The van der Waals surface area contributed by atoms with Crippen LogP contribution >= 0.6 is 11.6 Å². The summed E-state index contributed by atoms with van der Waals surface area (Å²) >= 11 is 5.83. The van der Waals surface area contributed by atoms with E-state index < -0.39 is 16.1 Å². The van der Waals surface area contributed by atoms with Gasteiger partial charge in [0.2, 0.25) is 15.9 Å². The van der Waals surface area contributed by atoms with Gasteiger partial charge in [-0.15, -0.1) is 0 Å². The Morgan fingerprint density at radius 2 is 1.70 bits per heavy atom. The average Bonchev–Trinajstić information content (AvgIpc) is 2.65. The normalized spacial score (nSPS) is 12.5. The molecular weight excluding hydrogens is 384 g/mol. The zero-order chi connectivity index (χ0) is 19.7. The Kier molecular flexibility index (Phi) is 8.28. The molecule has 0 fully saturated rings. The summed E-state index contributed by atoms with van der Waals surface area (Å²) in [5.74, 6) is -0.326. The van der Waals surface area contributed by atoms with Gasteiger partial charge in [0.15, 0.2) is 0 Å². The van der Waals surface area contributed by atoms with Crippen molar-refractivity contribution in [1.82, 2.24) is 10.0 Å². The minimum atomic E-state index is -3.85. The van der Waals surface area contributed by atoms with E-state index in [4.69, 9.17) is 11.6 Å². The van der Waals surface area contributed by atoms with Crippen molar-refractivity contribution in [2.45, 2.75) is 43.5 Å². The molecule has 2 N–H and O–H groups in total. The molecule has 146 valence electrons. The second-order valence-electron chi connectivity index (χ2n) is 6.32. The maximum absolute atomic E-state index is 12.7. The van der Waals surface area contributed by atoms with Gasteiger partial charge in [0.25, 0.3) is 0 Å². The molecule has 5 nitrogen and oxygen atoms in total. The molecule has 0 spiro atoms. The first-order valence-corrected chi connectivity index (χ1v) is 10.9. The van der Waals surface area contributed by atoms with Gasteiger partial charge >= 0.3 is 0 Å². The summed E-state index contributed by atoms with van der Waals surface area (Å²) in [7, 11) is -3.85. The molecule has 0 bridgehead atoms. The second-order valence-corrected chi connectivity index (χ2v) is 8.47. The number of unbranched alkanes of at least 4 members (excludes halogenated alkanes) is 2. The Bertz CT molecular complexity index is 824. The van der Waals surface area contributed by atoms with Crippen LogP contribution in [0.15, 0.2) is 59.5 Å². The number of benzene rings is 2. The molecule has 0 radical (unpaired) electrons. The number of hydrogen-bond acceptors (Lipinski definition) is 3. The maximum Gasteiger partial charge on any atom is 0.241 e. The lowest BCUT2D eigenvalue weighted by Gasteiger charge is -2.19. The molecule has 2 rings (SSSR count). The van der Waals surface area contributed by atoms with E-state index in [1.54, 1.807) is 0 Å². The molecule has 1 unspecified atom stereocenters. The maximum atomic E-state index is 12.7. The van der Waals surface area contributed by atoms with E-state index in [-0.39, 0.29) is 17.2 Å². The summed E-state index contributed by atoms with van der Waals surface area (Å²) in [5, 5.41) is 3.28. The second kappa shape index (κ2) is 10.4. The van der Waals surface area contributed by atoms with Gasteiger partial charge in [-0.25, -0.2) is 8.42 Å². The first kappa shape index (κ1) is 21.4. The monoisotopic (exact) mass is 408 g/mol.